The molecule has 0 saturated heterocycles. The minimum absolute atomic E-state index is 0.0564. The van der Waals surface area contributed by atoms with Gasteiger partial charge in [-0.25, -0.2) is 19.4 Å². The molecule has 1 heterocycles. The molecule has 4 amide bonds. The molecule has 0 bridgehead atoms. The molecule has 0 radical (unpaired) electrons. The minimum atomic E-state index is -1.34. The van der Waals surface area contributed by atoms with Crippen LogP contribution in [0.1, 0.15) is 55.4 Å². The van der Waals surface area contributed by atoms with Gasteiger partial charge in [-0.1, -0.05) is 37.6 Å². The first-order valence-electron chi connectivity index (χ1n) is 13.2. The number of aromatic amines is 1. The average molecular weight is 553 g/mol. The molecule has 214 valence electrons. The summed E-state index contributed by atoms with van der Waals surface area (Å²) in [7, 11) is 0. The molecular formula is C28H36N6O6. The maximum Gasteiger partial charge on any atom is 0.407 e. The summed E-state index contributed by atoms with van der Waals surface area (Å²) in [5.41, 5.74) is 2.77. The number of hydrogen-bond acceptors (Lipinski definition) is 6. The van der Waals surface area contributed by atoms with E-state index in [0.717, 1.165) is 23.0 Å². The Morgan fingerprint density at radius 2 is 1.75 bits per heavy atom. The maximum atomic E-state index is 12.9. The molecule has 40 heavy (non-hydrogen) atoms. The Balaban J connectivity index is 1.61. The number of fused-ring (bicyclic) bond motifs is 1. The maximum absolute atomic E-state index is 12.9. The van der Waals surface area contributed by atoms with Crippen LogP contribution in [0, 0.1) is 0 Å². The molecule has 0 saturated carbocycles. The summed E-state index contributed by atoms with van der Waals surface area (Å²) in [6.45, 7) is 6.07. The fourth-order valence-electron chi connectivity index (χ4n) is 3.77. The van der Waals surface area contributed by atoms with Crippen LogP contribution in [0.25, 0.3) is 11.0 Å². The van der Waals surface area contributed by atoms with Gasteiger partial charge in [0, 0.05) is 24.7 Å². The number of ether oxygens (including phenoxy) is 1. The van der Waals surface area contributed by atoms with Crippen LogP contribution in [-0.2, 0) is 22.6 Å². The second-order valence-electron chi connectivity index (χ2n) is 9.59. The lowest BCUT2D eigenvalue weighted by molar-refractivity contribution is -0.139. The highest BCUT2D eigenvalue weighted by Gasteiger charge is 2.22. The number of imidazole rings is 1. The number of alkyl carbamates (subject to hydrolysis) is 1. The van der Waals surface area contributed by atoms with E-state index in [2.05, 4.69) is 25.9 Å². The first kappa shape index (κ1) is 29.9. The molecule has 5 N–H and O–H groups in total. The van der Waals surface area contributed by atoms with Crippen LogP contribution in [-0.4, -0.2) is 69.2 Å². The van der Waals surface area contributed by atoms with E-state index in [9.17, 15) is 24.3 Å². The average Bonchev–Trinajstić information content (AvgIpc) is 3.33. The summed E-state index contributed by atoms with van der Waals surface area (Å²) in [6, 6.07) is 12.6. The molecule has 12 nitrogen and oxygen atoms in total. The van der Waals surface area contributed by atoms with E-state index < -0.39 is 24.0 Å². The number of carboxylic acid groups (broad SMARTS) is 1. The van der Waals surface area contributed by atoms with Gasteiger partial charge in [0.25, 0.3) is 5.91 Å². The van der Waals surface area contributed by atoms with E-state index in [1.807, 2.05) is 45.0 Å². The number of aromatic nitrogens is 2. The zero-order valence-electron chi connectivity index (χ0n) is 22.9. The van der Waals surface area contributed by atoms with Crippen molar-refractivity contribution in [2.75, 3.05) is 13.2 Å². The first-order valence-corrected chi connectivity index (χ1v) is 13.2. The van der Waals surface area contributed by atoms with Crippen LogP contribution in [0.2, 0.25) is 0 Å². The van der Waals surface area contributed by atoms with Gasteiger partial charge < -0.3 is 35.7 Å². The Kier molecular flexibility index (Phi) is 10.9. The second kappa shape index (κ2) is 14.5. The standard InChI is InChI=1S/C28H36N6O6/c1-4-5-14-40-28(39)33-23(26(36)37)15-29-25(35)20-12-10-19(11-13-20)16-34(27(38)30-18(2)3)17-24-31-21-8-6-7-9-22(21)32-24/h6-13,18,23H,4-5,14-17H2,1-3H3,(H,29,35)(H,30,38)(H,31,32)(H,33,39)(H,36,37). The van der Waals surface area contributed by atoms with Gasteiger partial charge in [-0.15, -0.1) is 0 Å². The Hall–Kier alpha value is -4.61. The molecule has 1 unspecified atom stereocenters. The predicted octanol–water partition coefficient (Wildman–Crippen LogP) is 3.39. The fourth-order valence-corrected chi connectivity index (χ4v) is 3.77. The quantitative estimate of drug-likeness (QED) is 0.203. The van der Waals surface area contributed by atoms with E-state index in [0.29, 0.717) is 17.8 Å². The van der Waals surface area contributed by atoms with Gasteiger partial charge in [0.1, 0.15) is 11.9 Å². The van der Waals surface area contributed by atoms with Crippen LogP contribution in [0.4, 0.5) is 9.59 Å². The topological polar surface area (TPSA) is 166 Å². The van der Waals surface area contributed by atoms with Gasteiger partial charge in [-0.3, -0.25) is 4.79 Å². The Labute approximate surface area is 232 Å². The van der Waals surface area contributed by atoms with Crippen molar-refractivity contribution < 1.29 is 29.0 Å². The highest BCUT2D eigenvalue weighted by atomic mass is 16.5. The van der Waals surface area contributed by atoms with Crippen LogP contribution in [0.15, 0.2) is 48.5 Å². The van der Waals surface area contributed by atoms with E-state index >= 15 is 0 Å². The van der Waals surface area contributed by atoms with E-state index in [1.54, 1.807) is 29.2 Å². The summed E-state index contributed by atoms with van der Waals surface area (Å²) < 4.78 is 4.93. The molecule has 3 aromatic rings. The number of benzene rings is 2. The second-order valence-corrected chi connectivity index (χ2v) is 9.59. The highest BCUT2D eigenvalue weighted by Crippen LogP contribution is 2.15. The Morgan fingerprint density at radius 1 is 1.02 bits per heavy atom. The van der Waals surface area contributed by atoms with Gasteiger partial charge in [0.15, 0.2) is 0 Å². The molecule has 0 aliphatic carbocycles. The number of carbonyl (C=O) groups excluding carboxylic acids is 3. The molecule has 12 heteroatoms. The molecule has 0 fully saturated rings. The van der Waals surface area contributed by atoms with Crippen molar-refractivity contribution in [1.29, 1.82) is 0 Å². The molecule has 0 aliphatic heterocycles. The fraction of sp³-hybridized carbons (Fsp3) is 0.393. The normalized spacial score (nSPS) is 11.6. The van der Waals surface area contributed by atoms with Gasteiger partial charge in [0.05, 0.1) is 24.2 Å². The number of hydrogen-bond donors (Lipinski definition) is 5. The number of urea groups is 1. The van der Waals surface area contributed by atoms with Gasteiger partial charge in [0.2, 0.25) is 0 Å². The number of carboxylic acids is 1. The lowest BCUT2D eigenvalue weighted by Gasteiger charge is -2.23. The van der Waals surface area contributed by atoms with Crippen LogP contribution in [0.3, 0.4) is 0 Å². The van der Waals surface area contributed by atoms with Crippen molar-refractivity contribution >= 4 is 35.0 Å². The third kappa shape index (κ3) is 9.00. The lowest BCUT2D eigenvalue weighted by Crippen LogP contribution is -2.48. The molecular weight excluding hydrogens is 516 g/mol. The number of nitrogens with zero attached hydrogens (tertiary/aromatic N) is 2. The summed E-state index contributed by atoms with van der Waals surface area (Å²) in [4.78, 5) is 58.3. The van der Waals surface area contributed by atoms with Crippen molar-refractivity contribution in [2.45, 2.75) is 58.8 Å². The summed E-state index contributed by atoms with van der Waals surface area (Å²) in [6.07, 6.45) is 0.639. The van der Waals surface area contributed by atoms with Crippen LogP contribution < -0.4 is 16.0 Å². The summed E-state index contributed by atoms with van der Waals surface area (Å²) >= 11 is 0. The zero-order valence-corrected chi connectivity index (χ0v) is 22.9. The monoisotopic (exact) mass is 552 g/mol. The van der Waals surface area contributed by atoms with Gasteiger partial charge in [-0.05, 0) is 50.1 Å². The number of aliphatic carboxylic acids is 1. The van der Waals surface area contributed by atoms with Crippen molar-refractivity contribution in [3.8, 4) is 0 Å². The number of carbonyl (C=O) groups is 4. The third-order valence-corrected chi connectivity index (χ3v) is 5.86. The van der Waals surface area contributed by atoms with Crippen LogP contribution >= 0.6 is 0 Å². The Bertz CT molecular complexity index is 1270. The molecule has 1 aromatic heterocycles. The molecule has 0 spiro atoms. The number of H-pyrrole nitrogens is 1. The molecule has 1 atom stereocenters. The summed E-state index contributed by atoms with van der Waals surface area (Å²) in [5, 5.41) is 17.0. The SMILES string of the molecule is CCCCOC(=O)NC(CNC(=O)c1ccc(CN(Cc2nc3ccccc3[nH]2)C(=O)NC(C)C)cc1)C(=O)O. The number of nitrogens with one attached hydrogen (secondary N) is 4. The van der Waals surface area contributed by atoms with Crippen molar-refractivity contribution in [3.63, 3.8) is 0 Å². The summed E-state index contributed by atoms with van der Waals surface area (Å²) in [5.74, 6) is -1.16. The van der Waals surface area contributed by atoms with E-state index in [-0.39, 0.29) is 38.3 Å². The Morgan fingerprint density at radius 3 is 2.40 bits per heavy atom. The van der Waals surface area contributed by atoms with Crippen molar-refractivity contribution in [3.05, 3.63) is 65.5 Å². The van der Waals surface area contributed by atoms with Gasteiger partial charge >= 0.3 is 18.1 Å². The molecule has 3 rings (SSSR count). The van der Waals surface area contributed by atoms with E-state index in [4.69, 9.17) is 4.74 Å². The smallest absolute Gasteiger partial charge is 0.407 e. The number of unbranched alkanes of at least 4 members (excludes halogenated alkanes) is 1. The highest BCUT2D eigenvalue weighted by molar-refractivity contribution is 5.94. The number of rotatable bonds is 13. The number of amides is 4. The first-order chi connectivity index (χ1) is 19.2. The molecule has 2 aromatic carbocycles. The minimum Gasteiger partial charge on any atom is -0.480 e. The van der Waals surface area contributed by atoms with Crippen LogP contribution in [0.5, 0.6) is 0 Å². The lowest BCUT2D eigenvalue weighted by atomic mass is 10.1. The largest absolute Gasteiger partial charge is 0.480 e. The number of para-hydroxylation sites is 2. The zero-order chi connectivity index (χ0) is 29.1. The van der Waals surface area contributed by atoms with Gasteiger partial charge in [-0.2, -0.15) is 0 Å². The molecule has 0 aliphatic rings. The van der Waals surface area contributed by atoms with Crippen molar-refractivity contribution in [1.82, 2.24) is 30.8 Å². The van der Waals surface area contributed by atoms with Crippen molar-refractivity contribution in [2.24, 2.45) is 0 Å². The predicted molar refractivity (Wildman–Crippen MR) is 149 cm³/mol. The van der Waals surface area contributed by atoms with E-state index in [1.165, 1.54) is 0 Å². The third-order valence-electron chi connectivity index (χ3n) is 5.86.